The first-order chi connectivity index (χ1) is 28.2. The van der Waals surface area contributed by atoms with Gasteiger partial charge in [-0.05, 0) is 136 Å². The number of anilines is 6. The minimum atomic E-state index is -0.168. The Balaban J connectivity index is 1.19. The van der Waals surface area contributed by atoms with E-state index in [0.29, 0.717) is 35.6 Å². The average Bonchev–Trinajstić information content (AvgIpc) is 3.72. The van der Waals surface area contributed by atoms with Crippen molar-refractivity contribution in [2.45, 2.75) is 27.7 Å². The molecule has 2 amide bonds. The van der Waals surface area contributed by atoms with Crippen LogP contribution in [0, 0.1) is 13.8 Å². The molecule has 0 aromatic heterocycles. The van der Waals surface area contributed by atoms with Crippen LogP contribution in [0.1, 0.15) is 36.1 Å². The van der Waals surface area contributed by atoms with E-state index >= 15 is 0 Å². The van der Waals surface area contributed by atoms with Crippen LogP contribution in [0.3, 0.4) is 0 Å². The lowest BCUT2D eigenvalue weighted by Gasteiger charge is -2.27. The molecule has 8 heteroatoms. The van der Waals surface area contributed by atoms with Gasteiger partial charge in [-0.2, -0.15) is 0 Å². The van der Waals surface area contributed by atoms with Crippen molar-refractivity contribution >= 4 is 57.3 Å². The van der Waals surface area contributed by atoms with Crippen molar-refractivity contribution in [3.05, 3.63) is 179 Å². The third-order valence-electron chi connectivity index (χ3n) is 10.9. The number of ether oxygens (including phenoxy) is 2. The lowest BCUT2D eigenvalue weighted by Crippen LogP contribution is -2.29. The molecular formula is C50H46N4O4. The Bertz CT molecular complexity index is 2340. The molecule has 0 saturated heterocycles. The van der Waals surface area contributed by atoms with Gasteiger partial charge in [-0.15, -0.1) is 0 Å². The lowest BCUT2D eigenvalue weighted by atomic mass is 10.0. The number of benzene rings is 6. The van der Waals surface area contributed by atoms with Crippen LogP contribution in [-0.4, -0.2) is 48.9 Å². The fraction of sp³-hybridized carbons (Fsp3) is 0.160. The van der Waals surface area contributed by atoms with E-state index in [1.165, 1.54) is 11.1 Å². The van der Waals surface area contributed by atoms with Gasteiger partial charge in [-0.25, -0.2) is 0 Å². The van der Waals surface area contributed by atoms with E-state index in [1.807, 2.05) is 111 Å². The molecule has 0 atom stereocenters. The zero-order chi connectivity index (χ0) is 40.5. The number of likely N-dealkylation sites (N-methyl/N-ethyl adjacent to an activating group) is 2. The molecule has 0 unspecified atom stereocenters. The number of nitrogens with zero attached hydrogens (tertiary/aromatic N) is 4. The summed E-state index contributed by atoms with van der Waals surface area (Å²) in [6, 6.07) is 49.0. The van der Waals surface area contributed by atoms with E-state index in [1.54, 1.807) is 24.0 Å². The van der Waals surface area contributed by atoms with Crippen LogP contribution in [0.2, 0.25) is 0 Å². The van der Waals surface area contributed by atoms with Crippen LogP contribution in [0.15, 0.2) is 157 Å². The highest BCUT2D eigenvalue weighted by Crippen LogP contribution is 2.47. The molecule has 290 valence electrons. The summed E-state index contributed by atoms with van der Waals surface area (Å²) in [5, 5.41) is 0. The first-order valence-electron chi connectivity index (χ1n) is 19.6. The molecule has 0 radical (unpaired) electrons. The Morgan fingerprint density at radius 1 is 0.414 bits per heavy atom. The highest BCUT2D eigenvalue weighted by molar-refractivity contribution is 6.30. The Labute approximate surface area is 340 Å². The summed E-state index contributed by atoms with van der Waals surface area (Å²) in [6.07, 6.45) is 0. The molecule has 2 heterocycles. The molecule has 0 spiro atoms. The number of hydrogen-bond acceptors (Lipinski definition) is 6. The van der Waals surface area contributed by atoms with E-state index in [4.69, 9.17) is 9.47 Å². The SMILES string of the molecule is CCN1C(=O)C2=C(c3ccc(N(c4ccc(C)cc4)c4ccc(OC)cc4)cc3)N(CC)C(=O)C2=C1c1ccc(N(c2ccc(C)cc2)c2ccc(OC)cc2)cc1. The largest absolute Gasteiger partial charge is 0.497 e. The predicted octanol–water partition coefficient (Wildman–Crippen LogP) is 11.1. The third-order valence-corrected chi connectivity index (χ3v) is 10.9. The molecule has 0 bridgehead atoms. The second-order valence-corrected chi connectivity index (χ2v) is 14.4. The summed E-state index contributed by atoms with van der Waals surface area (Å²) in [5.41, 5.74) is 12.0. The monoisotopic (exact) mass is 766 g/mol. The van der Waals surface area contributed by atoms with Crippen LogP contribution < -0.4 is 19.3 Å². The zero-order valence-electron chi connectivity index (χ0n) is 33.7. The highest BCUT2D eigenvalue weighted by atomic mass is 16.5. The summed E-state index contributed by atoms with van der Waals surface area (Å²) >= 11 is 0. The fourth-order valence-corrected chi connectivity index (χ4v) is 7.88. The first kappa shape index (κ1) is 37.8. The summed E-state index contributed by atoms with van der Waals surface area (Å²) in [7, 11) is 3.32. The van der Waals surface area contributed by atoms with Crippen LogP contribution in [-0.2, 0) is 9.59 Å². The smallest absolute Gasteiger partial charge is 0.261 e. The molecule has 6 aromatic rings. The Morgan fingerprint density at radius 2 is 0.672 bits per heavy atom. The minimum absolute atomic E-state index is 0.168. The number of methoxy groups -OCH3 is 2. The summed E-state index contributed by atoms with van der Waals surface area (Å²) in [4.78, 5) is 36.7. The van der Waals surface area contributed by atoms with Gasteiger partial charge >= 0.3 is 0 Å². The van der Waals surface area contributed by atoms with Crippen LogP contribution in [0.5, 0.6) is 11.5 Å². The van der Waals surface area contributed by atoms with Gasteiger partial charge in [0.15, 0.2) is 0 Å². The molecule has 8 nitrogen and oxygen atoms in total. The molecule has 0 saturated carbocycles. The van der Waals surface area contributed by atoms with Crippen LogP contribution >= 0.6 is 0 Å². The number of carbonyl (C=O) groups excluding carboxylic acids is 2. The van der Waals surface area contributed by atoms with Gasteiger partial charge in [0, 0.05) is 47.2 Å². The molecule has 2 aliphatic heterocycles. The van der Waals surface area contributed by atoms with E-state index < -0.39 is 0 Å². The normalized spacial score (nSPS) is 13.7. The van der Waals surface area contributed by atoms with Gasteiger partial charge in [-0.3, -0.25) is 9.59 Å². The van der Waals surface area contributed by atoms with Gasteiger partial charge in [0.1, 0.15) is 11.5 Å². The summed E-state index contributed by atoms with van der Waals surface area (Å²) in [6.45, 7) is 8.89. The number of rotatable bonds is 12. The third kappa shape index (κ3) is 6.77. The van der Waals surface area contributed by atoms with Crippen molar-refractivity contribution < 1.29 is 19.1 Å². The molecular weight excluding hydrogens is 721 g/mol. The maximum Gasteiger partial charge on any atom is 0.261 e. The average molecular weight is 767 g/mol. The van der Waals surface area contributed by atoms with Crippen molar-refractivity contribution in [1.29, 1.82) is 0 Å². The van der Waals surface area contributed by atoms with Crippen molar-refractivity contribution in [1.82, 2.24) is 9.80 Å². The Morgan fingerprint density at radius 3 is 0.931 bits per heavy atom. The van der Waals surface area contributed by atoms with Gasteiger partial charge in [-0.1, -0.05) is 59.7 Å². The Hall–Kier alpha value is -7.06. The second-order valence-electron chi connectivity index (χ2n) is 14.4. The standard InChI is InChI=1S/C50H46N4O4/c1-7-51-47(35-13-21-39(22-14-35)53(37-17-9-33(3)10-18-37)41-25-29-43(57-5)30-26-41)45-46(49(51)55)48(52(8-2)50(45)56)36-15-23-40(24-16-36)54(38-19-11-34(4)12-20-38)42-27-31-44(58-6)32-28-42/h9-32H,7-8H2,1-6H3. The fourth-order valence-electron chi connectivity index (χ4n) is 7.88. The molecule has 6 aromatic carbocycles. The number of hydrogen-bond donors (Lipinski definition) is 0. The van der Waals surface area contributed by atoms with Gasteiger partial charge in [0.05, 0.1) is 36.8 Å². The van der Waals surface area contributed by atoms with Crippen molar-refractivity contribution in [2.75, 3.05) is 37.1 Å². The molecule has 8 rings (SSSR count). The first-order valence-corrected chi connectivity index (χ1v) is 19.6. The van der Waals surface area contributed by atoms with E-state index in [9.17, 15) is 9.59 Å². The molecule has 58 heavy (non-hydrogen) atoms. The minimum Gasteiger partial charge on any atom is -0.497 e. The van der Waals surface area contributed by atoms with E-state index in [-0.39, 0.29) is 11.8 Å². The molecule has 0 N–H and O–H groups in total. The van der Waals surface area contributed by atoms with Gasteiger partial charge in [0.2, 0.25) is 0 Å². The van der Waals surface area contributed by atoms with E-state index in [0.717, 1.165) is 56.8 Å². The van der Waals surface area contributed by atoms with Crippen molar-refractivity contribution in [2.24, 2.45) is 0 Å². The quantitative estimate of drug-likeness (QED) is 0.124. The molecule has 2 aliphatic rings. The topological polar surface area (TPSA) is 65.6 Å². The summed E-state index contributed by atoms with van der Waals surface area (Å²) in [5.74, 6) is 1.22. The Kier molecular flexibility index (Phi) is 10.3. The van der Waals surface area contributed by atoms with Gasteiger partial charge in [0.25, 0.3) is 11.8 Å². The number of aryl methyl sites for hydroxylation is 2. The van der Waals surface area contributed by atoms with Crippen LogP contribution in [0.25, 0.3) is 11.4 Å². The summed E-state index contributed by atoms with van der Waals surface area (Å²) < 4.78 is 10.9. The van der Waals surface area contributed by atoms with Crippen molar-refractivity contribution in [3.8, 4) is 11.5 Å². The zero-order valence-corrected chi connectivity index (χ0v) is 33.7. The predicted molar refractivity (Wildman–Crippen MR) is 233 cm³/mol. The van der Waals surface area contributed by atoms with E-state index in [2.05, 4.69) is 72.2 Å². The number of amides is 2. The molecule has 0 aliphatic carbocycles. The second kappa shape index (κ2) is 15.8. The van der Waals surface area contributed by atoms with Crippen LogP contribution in [0.4, 0.5) is 34.1 Å². The number of fused-ring (bicyclic) bond motifs is 1. The van der Waals surface area contributed by atoms with Gasteiger partial charge < -0.3 is 29.1 Å². The lowest BCUT2D eigenvalue weighted by molar-refractivity contribution is -0.124. The maximum absolute atomic E-state index is 14.5. The maximum atomic E-state index is 14.5. The van der Waals surface area contributed by atoms with Crippen molar-refractivity contribution in [3.63, 3.8) is 0 Å². The number of carbonyl (C=O) groups is 2. The molecule has 0 fully saturated rings. The highest BCUT2D eigenvalue weighted by Gasteiger charge is 2.48.